The van der Waals surface area contributed by atoms with Gasteiger partial charge in [0.15, 0.2) is 0 Å². The van der Waals surface area contributed by atoms with Gasteiger partial charge in [-0.05, 0) is 31.5 Å². The lowest BCUT2D eigenvalue weighted by molar-refractivity contribution is -0.123. The lowest BCUT2D eigenvalue weighted by Crippen LogP contribution is -2.37. The summed E-state index contributed by atoms with van der Waals surface area (Å²) >= 11 is 3.70. The minimum Gasteiger partial charge on any atom is -0.399 e. The van der Waals surface area contributed by atoms with Crippen LogP contribution >= 0.6 is 23.5 Å². The predicted molar refractivity (Wildman–Crippen MR) is 85.3 cm³/mol. The molecule has 0 unspecified atom stereocenters. The molecule has 1 aliphatic rings. The number of carbonyl (C=O) groups excluding carboxylic acids is 1. The third-order valence-electron chi connectivity index (χ3n) is 3.28. The van der Waals surface area contributed by atoms with Crippen LogP contribution in [-0.2, 0) is 8.87 Å². The number of benzene rings is 1. The van der Waals surface area contributed by atoms with Crippen molar-refractivity contribution in [3.8, 4) is 0 Å². The number of nitrogens with one attached hydrogen (secondary N) is 1. The largest absolute Gasteiger partial charge is 0.399 e. The van der Waals surface area contributed by atoms with E-state index in [1.54, 1.807) is 0 Å². The lowest BCUT2D eigenvalue weighted by Gasteiger charge is -2.36. The number of carbonyl (C=O) groups is 1. The molecule has 1 heterocycles. The number of amides is 1. The molecule has 1 aromatic carbocycles. The summed E-state index contributed by atoms with van der Waals surface area (Å²) in [7, 11) is 0. The second kappa shape index (κ2) is 6.09. The van der Waals surface area contributed by atoms with Crippen LogP contribution in [0, 0.1) is 5.92 Å². The molecule has 1 aliphatic heterocycles. The second-order valence-electron chi connectivity index (χ2n) is 4.78. The summed E-state index contributed by atoms with van der Waals surface area (Å²) in [5, 5.41) is 2.91. The summed E-state index contributed by atoms with van der Waals surface area (Å²) in [4.78, 5) is 11.8. The van der Waals surface area contributed by atoms with Crippen molar-refractivity contribution in [3.05, 3.63) is 29.8 Å². The third kappa shape index (κ3) is 3.39. The molecule has 1 amide bonds. The van der Waals surface area contributed by atoms with E-state index >= 15 is 0 Å². The highest BCUT2D eigenvalue weighted by molar-refractivity contribution is 8.18. The smallest absolute Gasteiger partial charge is 0.224 e. The molecule has 3 N–H and O–H groups in total. The molecule has 1 saturated heterocycles. The van der Waals surface area contributed by atoms with E-state index in [1.807, 2.05) is 42.6 Å². The van der Waals surface area contributed by atoms with Crippen LogP contribution in [0.1, 0.15) is 19.4 Å². The fourth-order valence-corrected chi connectivity index (χ4v) is 5.10. The summed E-state index contributed by atoms with van der Waals surface area (Å²) in [6, 6.07) is 8.05. The first-order valence-corrected chi connectivity index (χ1v) is 8.44. The lowest BCUT2D eigenvalue weighted by atomic mass is 10.1. The van der Waals surface area contributed by atoms with Crippen molar-refractivity contribution >= 4 is 35.1 Å². The van der Waals surface area contributed by atoms with Crippen LogP contribution in [0.4, 0.5) is 5.69 Å². The molecule has 2 rings (SSSR count). The summed E-state index contributed by atoms with van der Waals surface area (Å²) in [5.41, 5.74) is 7.79. The van der Waals surface area contributed by atoms with Crippen molar-refractivity contribution in [3.63, 3.8) is 0 Å². The molecule has 104 valence electrons. The molecule has 5 heteroatoms. The Morgan fingerprint density at radius 1 is 1.37 bits per heavy atom. The number of hydrogen-bond acceptors (Lipinski definition) is 4. The molecule has 0 bridgehead atoms. The highest BCUT2D eigenvalue weighted by Gasteiger charge is 2.36. The van der Waals surface area contributed by atoms with E-state index in [9.17, 15) is 4.79 Å². The molecule has 0 aromatic heterocycles. The van der Waals surface area contributed by atoms with Crippen LogP contribution in [0.2, 0.25) is 0 Å². The van der Waals surface area contributed by atoms with Crippen LogP contribution in [0.5, 0.6) is 0 Å². The van der Waals surface area contributed by atoms with Crippen LogP contribution in [0.25, 0.3) is 0 Å². The maximum atomic E-state index is 11.8. The molecule has 1 fully saturated rings. The van der Waals surface area contributed by atoms with Gasteiger partial charge in [0.05, 0.1) is 10.00 Å². The maximum Gasteiger partial charge on any atom is 0.224 e. The Morgan fingerprint density at radius 2 is 1.95 bits per heavy atom. The van der Waals surface area contributed by atoms with Gasteiger partial charge < -0.3 is 11.1 Å². The Bertz CT molecular complexity index is 439. The highest BCUT2D eigenvalue weighted by atomic mass is 32.2. The van der Waals surface area contributed by atoms with Gasteiger partial charge >= 0.3 is 0 Å². The number of thioether (sulfide) groups is 2. The number of hydrogen-bond donors (Lipinski definition) is 2. The van der Waals surface area contributed by atoms with Crippen molar-refractivity contribution < 1.29 is 4.79 Å². The minimum atomic E-state index is 0.0245. The maximum absolute atomic E-state index is 11.8. The van der Waals surface area contributed by atoms with Crippen LogP contribution in [0.3, 0.4) is 0 Å². The van der Waals surface area contributed by atoms with E-state index < -0.39 is 0 Å². The minimum absolute atomic E-state index is 0.0245. The van der Waals surface area contributed by atoms with Crippen molar-refractivity contribution in [2.45, 2.75) is 17.9 Å². The molecular weight excluding hydrogens is 276 g/mol. The van der Waals surface area contributed by atoms with E-state index in [4.69, 9.17) is 5.73 Å². The number of rotatable bonds is 3. The molecule has 0 radical (unpaired) electrons. The average Bonchev–Trinajstić information content (AvgIpc) is 2.40. The summed E-state index contributed by atoms with van der Waals surface area (Å²) < 4.78 is 0.0245. The van der Waals surface area contributed by atoms with E-state index in [2.05, 4.69) is 24.4 Å². The first kappa shape index (κ1) is 14.6. The Kier molecular flexibility index (Phi) is 4.68. The molecule has 0 atom stereocenters. The van der Waals surface area contributed by atoms with Crippen LogP contribution < -0.4 is 11.1 Å². The Morgan fingerprint density at radius 3 is 2.47 bits per heavy atom. The van der Waals surface area contributed by atoms with Crippen molar-refractivity contribution in [2.75, 3.05) is 23.8 Å². The van der Waals surface area contributed by atoms with Gasteiger partial charge in [0.2, 0.25) is 5.91 Å². The van der Waals surface area contributed by atoms with E-state index in [-0.39, 0.29) is 15.9 Å². The van der Waals surface area contributed by atoms with E-state index in [0.717, 1.165) is 17.2 Å². The summed E-state index contributed by atoms with van der Waals surface area (Å²) in [6.45, 7) is 4.89. The first-order valence-electron chi connectivity index (χ1n) is 6.47. The molecule has 3 nitrogen and oxygen atoms in total. The van der Waals surface area contributed by atoms with Gasteiger partial charge in [-0.1, -0.05) is 12.1 Å². The molecule has 1 aromatic rings. The molecule has 0 aliphatic carbocycles. The monoisotopic (exact) mass is 296 g/mol. The van der Waals surface area contributed by atoms with Gasteiger partial charge in [0.1, 0.15) is 0 Å². The van der Waals surface area contributed by atoms with Crippen molar-refractivity contribution in [2.24, 2.45) is 5.92 Å². The Labute approximate surface area is 123 Å². The predicted octanol–water partition coefficient (Wildman–Crippen LogP) is 2.67. The Balaban J connectivity index is 2.01. The number of nitrogen functional groups attached to an aromatic ring is 1. The molecular formula is C14H20N2OS2. The van der Waals surface area contributed by atoms with E-state index in [1.165, 1.54) is 5.56 Å². The normalized spacial score (nSPS) is 26.9. The van der Waals surface area contributed by atoms with Gasteiger partial charge in [-0.15, -0.1) is 23.5 Å². The number of nitrogens with two attached hydrogens (primary N) is 1. The Hall–Kier alpha value is -0.810. The topological polar surface area (TPSA) is 55.1 Å². The molecule has 19 heavy (non-hydrogen) atoms. The van der Waals surface area contributed by atoms with Gasteiger partial charge in [0.25, 0.3) is 0 Å². The van der Waals surface area contributed by atoms with Gasteiger partial charge in [-0.3, -0.25) is 4.79 Å². The summed E-state index contributed by atoms with van der Waals surface area (Å²) in [5.74, 6) is 2.05. The first-order chi connectivity index (χ1) is 9.05. The fraction of sp³-hybridized carbons (Fsp3) is 0.500. The van der Waals surface area contributed by atoms with Gasteiger partial charge in [-0.25, -0.2) is 0 Å². The zero-order valence-electron chi connectivity index (χ0n) is 11.3. The van der Waals surface area contributed by atoms with Crippen molar-refractivity contribution in [1.82, 2.24) is 5.32 Å². The zero-order valence-corrected chi connectivity index (χ0v) is 12.9. The second-order valence-corrected chi connectivity index (χ2v) is 7.92. The van der Waals surface area contributed by atoms with Crippen molar-refractivity contribution in [1.29, 1.82) is 0 Å². The SMILES string of the molecule is CCNC(=O)C1CSC(C)(c2ccc(N)cc2)SC1. The standard InChI is InChI=1S/C14H20N2OS2/c1-3-16-13(17)10-8-18-14(2,19-9-10)11-4-6-12(15)7-5-11/h4-7,10H,3,8-9,15H2,1-2H3,(H,16,17). The molecule has 0 spiro atoms. The average molecular weight is 296 g/mol. The highest BCUT2D eigenvalue weighted by Crippen LogP contribution is 2.51. The quantitative estimate of drug-likeness (QED) is 0.842. The van der Waals surface area contributed by atoms with Crippen LogP contribution in [0.15, 0.2) is 24.3 Å². The van der Waals surface area contributed by atoms with Crippen LogP contribution in [-0.4, -0.2) is 24.0 Å². The number of anilines is 1. The van der Waals surface area contributed by atoms with Gasteiger partial charge in [-0.2, -0.15) is 0 Å². The molecule has 0 saturated carbocycles. The van der Waals surface area contributed by atoms with Gasteiger partial charge in [0, 0.05) is 23.7 Å². The van der Waals surface area contributed by atoms with E-state index in [0.29, 0.717) is 6.54 Å². The summed E-state index contributed by atoms with van der Waals surface area (Å²) in [6.07, 6.45) is 0. The fourth-order valence-electron chi connectivity index (χ4n) is 2.03. The zero-order chi connectivity index (χ0) is 13.9. The third-order valence-corrected chi connectivity index (χ3v) is 6.70.